The Morgan fingerprint density at radius 2 is 2.00 bits per heavy atom. The van der Waals surface area contributed by atoms with Gasteiger partial charge in [-0.1, -0.05) is 13.3 Å². The highest BCUT2D eigenvalue weighted by atomic mass is 32.1. The van der Waals surface area contributed by atoms with E-state index in [0.717, 1.165) is 15.5 Å². The maximum Gasteiger partial charge on any atom is 0.337 e. The number of carbonyl (C=O) groups is 3. The van der Waals surface area contributed by atoms with Gasteiger partial charge in [-0.3, -0.25) is 14.9 Å². The Labute approximate surface area is 114 Å². The van der Waals surface area contributed by atoms with Crippen molar-refractivity contribution in [1.29, 1.82) is 0 Å². The van der Waals surface area contributed by atoms with Gasteiger partial charge in [-0.25, -0.2) is 14.7 Å². The topological polar surface area (TPSA) is 79.4 Å². The van der Waals surface area contributed by atoms with Gasteiger partial charge in [0.05, 0.1) is 5.69 Å². The first kappa shape index (κ1) is 13.7. The van der Waals surface area contributed by atoms with Crippen LogP contribution in [0.15, 0.2) is 0 Å². The van der Waals surface area contributed by atoms with E-state index >= 15 is 0 Å². The molecule has 102 valence electrons. The minimum atomic E-state index is -0.799. The van der Waals surface area contributed by atoms with Gasteiger partial charge in [-0.05, 0) is 20.3 Å². The first-order chi connectivity index (χ1) is 8.95. The molecule has 7 heteroatoms. The molecule has 2 rings (SSSR count). The molecule has 0 saturated carbocycles. The number of nitrogens with zero attached hydrogens (tertiary/aromatic N) is 2. The second-order valence-corrected chi connectivity index (χ2v) is 5.63. The number of rotatable bonds is 3. The lowest BCUT2D eigenvalue weighted by atomic mass is 10.00. The van der Waals surface area contributed by atoms with Crippen LogP contribution in [0.5, 0.6) is 0 Å². The van der Waals surface area contributed by atoms with E-state index in [1.54, 1.807) is 0 Å². The molecular formula is C12H15N3O3S. The molecule has 1 aromatic heterocycles. The number of hydrogen-bond acceptors (Lipinski definition) is 5. The molecule has 1 unspecified atom stereocenters. The minimum absolute atomic E-state index is 0.325. The summed E-state index contributed by atoms with van der Waals surface area (Å²) < 4.78 is 0. The lowest BCUT2D eigenvalue weighted by Gasteiger charge is -2.28. The summed E-state index contributed by atoms with van der Waals surface area (Å²) in [5.41, 5.74) is 0.782. The molecule has 1 atom stereocenters. The van der Waals surface area contributed by atoms with Gasteiger partial charge in [0.1, 0.15) is 5.92 Å². The summed E-state index contributed by atoms with van der Waals surface area (Å²) in [5.74, 6) is -1.80. The Balaban J connectivity index is 2.35. The predicted molar refractivity (Wildman–Crippen MR) is 71.0 cm³/mol. The highest BCUT2D eigenvalue weighted by Crippen LogP contribution is 2.28. The van der Waals surface area contributed by atoms with Crippen molar-refractivity contribution in [2.45, 2.75) is 33.6 Å². The zero-order valence-electron chi connectivity index (χ0n) is 11.0. The number of thiazole rings is 1. The zero-order chi connectivity index (χ0) is 14.2. The number of barbiturate groups is 1. The smallest absolute Gasteiger partial charge is 0.277 e. The van der Waals surface area contributed by atoms with Gasteiger partial charge in [-0.2, -0.15) is 0 Å². The number of aromatic nitrogens is 1. The second kappa shape index (κ2) is 5.08. The predicted octanol–water partition coefficient (Wildman–Crippen LogP) is 1.76. The summed E-state index contributed by atoms with van der Waals surface area (Å²) >= 11 is 1.27. The van der Waals surface area contributed by atoms with Crippen LogP contribution in [0, 0.1) is 19.8 Å². The fraction of sp³-hybridized carbons (Fsp3) is 0.500. The van der Waals surface area contributed by atoms with E-state index in [-0.39, 0.29) is 0 Å². The third kappa shape index (κ3) is 2.37. The van der Waals surface area contributed by atoms with Crippen molar-refractivity contribution in [1.82, 2.24) is 10.3 Å². The standard InChI is InChI=1S/C12H15N3O3S/c1-4-5-8-9(16)14-11(18)15(10(8)17)12-13-6(2)7(3)19-12/h8H,4-5H2,1-3H3,(H,14,16,18). The third-order valence-electron chi connectivity index (χ3n) is 3.05. The van der Waals surface area contributed by atoms with Crippen molar-refractivity contribution in [3.8, 4) is 0 Å². The molecule has 1 aromatic rings. The average molecular weight is 281 g/mol. The number of hydrogen-bond donors (Lipinski definition) is 1. The van der Waals surface area contributed by atoms with Crippen LogP contribution in [-0.2, 0) is 9.59 Å². The van der Waals surface area contributed by atoms with Crippen molar-refractivity contribution in [3.05, 3.63) is 10.6 Å². The van der Waals surface area contributed by atoms with E-state index in [1.807, 2.05) is 20.8 Å². The van der Waals surface area contributed by atoms with Gasteiger partial charge in [0.15, 0.2) is 0 Å². The molecule has 1 aliphatic heterocycles. The number of aryl methyl sites for hydroxylation is 2. The molecule has 6 nitrogen and oxygen atoms in total. The molecule has 0 aliphatic carbocycles. The number of urea groups is 1. The quantitative estimate of drug-likeness (QED) is 0.856. The van der Waals surface area contributed by atoms with Crippen LogP contribution in [-0.4, -0.2) is 22.8 Å². The highest BCUT2D eigenvalue weighted by molar-refractivity contribution is 7.16. The first-order valence-corrected chi connectivity index (χ1v) is 6.90. The van der Waals surface area contributed by atoms with Crippen LogP contribution >= 0.6 is 11.3 Å². The van der Waals surface area contributed by atoms with Gasteiger partial charge in [0.25, 0.3) is 0 Å². The van der Waals surface area contributed by atoms with Gasteiger partial charge >= 0.3 is 6.03 Å². The zero-order valence-corrected chi connectivity index (χ0v) is 11.8. The molecular weight excluding hydrogens is 266 g/mol. The Hall–Kier alpha value is -1.76. The molecule has 0 bridgehead atoms. The lowest BCUT2D eigenvalue weighted by Crippen LogP contribution is -2.58. The molecule has 1 N–H and O–H groups in total. The Kier molecular flexibility index (Phi) is 3.66. The van der Waals surface area contributed by atoms with E-state index in [2.05, 4.69) is 10.3 Å². The Morgan fingerprint density at radius 3 is 2.53 bits per heavy atom. The third-order valence-corrected chi connectivity index (χ3v) is 4.11. The summed E-state index contributed by atoms with van der Waals surface area (Å²) in [6.45, 7) is 5.58. The van der Waals surface area contributed by atoms with E-state index < -0.39 is 23.8 Å². The molecule has 1 fully saturated rings. The molecule has 1 aliphatic rings. The average Bonchev–Trinajstić information content (AvgIpc) is 2.64. The van der Waals surface area contributed by atoms with Gasteiger partial charge in [-0.15, -0.1) is 11.3 Å². The summed E-state index contributed by atoms with van der Waals surface area (Å²) in [6, 6.07) is -0.712. The van der Waals surface area contributed by atoms with Gasteiger partial charge < -0.3 is 0 Å². The lowest BCUT2D eigenvalue weighted by molar-refractivity contribution is -0.134. The fourth-order valence-electron chi connectivity index (χ4n) is 1.89. The molecule has 19 heavy (non-hydrogen) atoms. The summed E-state index contributed by atoms with van der Waals surface area (Å²) in [6.07, 6.45) is 1.12. The SMILES string of the molecule is CCCC1C(=O)NC(=O)N(c2nc(C)c(C)s2)C1=O. The van der Waals surface area contributed by atoms with Crippen LogP contribution in [0.4, 0.5) is 9.93 Å². The van der Waals surface area contributed by atoms with Crippen LogP contribution < -0.4 is 10.2 Å². The molecule has 2 heterocycles. The van der Waals surface area contributed by atoms with Crippen molar-refractivity contribution in [3.63, 3.8) is 0 Å². The largest absolute Gasteiger partial charge is 0.337 e. The number of imide groups is 2. The number of amides is 4. The summed E-state index contributed by atoms with van der Waals surface area (Å²) in [7, 11) is 0. The molecule has 4 amide bonds. The van der Waals surface area contributed by atoms with Crippen molar-refractivity contribution >= 4 is 34.3 Å². The van der Waals surface area contributed by atoms with Crippen molar-refractivity contribution < 1.29 is 14.4 Å². The highest BCUT2D eigenvalue weighted by Gasteiger charge is 2.41. The van der Waals surface area contributed by atoms with Crippen LogP contribution in [0.3, 0.4) is 0 Å². The molecule has 0 spiro atoms. The summed E-state index contributed by atoms with van der Waals surface area (Å²) in [4.78, 5) is 41.9. The Morgan fingerprint density at radius 1 is 1.32 bits per heavy atom. The second-order valence-electron chi connectivity index (χ2n) is 4.45. The number of anilines is 1. The van der Waals surface area contributed by atoms with Crippen molar-refractivity contribution in [2.75, 3.05) is 4.90 Å². The van der Waals surface area contributed by atoms with E-state index in [1.165, 1.54) is 11.3 Å². The molecule has 0 radical (unpaired) electrons. The molecule has 1 saturated heterocycles. The van der Waals surface area contributed by atoms with Crippen LogP contribution in [0.2, 0.25) is 0 Å². The minimum Gasteiger partial charge on any atom is -0.277 e. The first-order valence-electron chi connectivity index (χ1n) is 6.08. The number of carbonyl (C=O) groups excluding carboxylic acids is 3. The Bertz CT molecular complexity index is 533. The maximum absolute atomic E-state index is 12.3. The maximum atomic E-state index is 12.3. The monoisotopic (exact) mass is 281 g/mol. The number of nitrogens with one attached hydrogen (secondary N) is 1. The van der Waals surface area contributed by atoms with Crippen LogP contribution in [0.1, 0.15) is 30.3 Å². The van der Waals surface area contributed by atoms with Gasteiger partial charge in [0, 0.05) is 4.88 Å². The van der Waals surface area contributed by atoms with Crippen LogP contribution in [0.25, 0.3) is 0 Å². The van der Waals surface area contributed by atoms with Crippen molar-refractivity contribution in [2.24, 2.45) is 5.92 Å². The summed E-state index contributed by atoms with van der Waals surface area (Å²) in [5, 5.41) is 2.54. The van der Waals surface area contributed by atoms with E-state index in [4.69, 9.17) is 0 Å². The van der Waals surface area contributed by atoms with E-state index in [9.17, 15) is 14.4 Å². The van der Waals surface area contributed by atoms with E-state index in [0.29, 0.717) is 18.0 Å². The normalized spacial score (nSPS) is 19.8. The van der Waals surface area contributed by atoms with Gasteiger partial charge in [0.2, 0.25) is 16.9 Å². The fourth-order valence-corrected chi connectivity index (χ4v) is 2.81. The molecule has 0 aromatic carbocycles.